The zero-order valence-corrected chi connectivity index (χ0v) is 10.3. The van der Waals surface area contributed by atoms with Crippen LogP contribution in [0.25, 0.3) is 0 Å². The van der Waals surface area contributed by atoms with Gasteiger partial charge in [-0.1, -0.05) is 15.5 Å². The summed E-state index contributed by atoms with van der Waals surface area (Å²) in [5, 5.41) is 0. The predicted molar refractivity (Wildman–Crippen MR) is 38.2 cm³/mol. The van der Waals surface area contributed by atoms with Gasteiger partial charge in [-0.3, -0.25) is 4.21 Å². The Labute approximate surface area is 97.4 Å². The summed E-state index contributed by atoms with van der Waals surface area (Å²) in [7, 11) is 0. The van der Waals surface area contributed by atoms with Gasteiger partial charge in [0, 0.05) is 5.75 Å². The molecular formula is C4H8FNaO4S2. The summed E-state index contributed by atoms with van der Waals surface area (Å²) in [6, 6.07) is 0. The summed E-state index contributed by atoms with van der Waals surface area (Å²) in [6.07, 6.45) is 0.760. The Kier molecular flexibility index (Phi) is 13.3. The second-order valence-electron chi connectivity index (χ2n) is 1.79. The molecular weight excluding hydrogens is 218 g/mol. The fraction of sp³-hybridized carbons (Fsp3) is 1.00. The van der Waals surface area contributed by atoms with Crippen molar-refractivity contribution in [2.75, 3.05) is 11.5 Å². The molecule has 68 valence electrons. The van der Waals surface area contributed by atoms with Crippen molar-refractivity contribution in [2.45, 2.75) is 12.8 Å². The zero-order valence-electron chi connectivity index (χ0n) is 6.66. The average molecular weight is 226 g/mol. The molecule has 8 heteroatoms. The fourth-order valence-electron chi connectivity index (χ4n) is 0.471. The van der Waals surface area contributed by atoms with Crippen LogP contribution in [0, 0.1) is 0 Å². The normalized spacial score (nSPS) is 14.8. The van der Waals surface area contributed by atoms with Crippen LogP contribution in [0.3, 0.4) is 0 Å². The van der Waals surface area contributed by atoms with E-state index < -0.39 is 22.2 Å². The predicted octanol–water partition coefficient (Wildman–Crippen LogP) is -2.79. The van der Waals surface area contributed by atoms with Gasteiger partial charge >= 0.3 is 29.6 Å². The summed E-state index contributed by atoms with van der Waals surface area (Å²) < 4.78 is 44.1. The monoisotopic (exact) mass is 226 g/mol. The van der Waals surface area contributed by atoms with Crippen LogP contribution >= 0.6 is 0 Å². The van der Waals surface area contributed by atoms with Gasteiger partial charge in [-0.2, -0.15) is 0 Å². The van der Waals surface area contributed by atoms with Crippen LogP contribution in [0.2, 0.25) is 0 Å². The molecule has 0 amide bonds. The molecule has 2 unspecified atom stereocenters. The average Bonchev–Trinajstić information content (AvgIpc) is 1.97. The second kappa shape index (κ2) is 10.2. The molecule has 0 N–H and O–H groups in total. The minimum absolute atomic E-state index is 0. The van der Waals surface area contributed by atoms with Gasteiger partial charge in [-0.05, 0) is 17.4 Å². The van der Waals surface area contributed by atoms with Crippen LogP contribution in [-0.4, -0.2) is 24.5 Å². The first-order chi connectivity index (χ1) is 5.16. The van der Waals surface area contributed by atoms with E-state index in [1.165, 1.54) is 0 Å². The summed E-state index contributed by atoms with van der Waals surface area (Å²) in [4.78, 5) is 0. The maximum Gasteiger partial charge on any atom is 1.00 e. The van der Waals surface area contributed by atoms with Crippen LogP contribution in [0.1, 0.15) is 12.8 Å². The van der Waals surface area contributed by atoms with Crippen molar-refractivity contribution in [2.24, 2.45) is 0 Å². The molecule has 0 spiro atoms. The Morgan fingerprint density at radius 1 is 1.25 bits per heavy atom. The van der Waals surface area contributed by atoms with Gasteiger partial charge < -0.3 is 4.55 Å². The number of unbranched alkanes of at least 4 members (excludes halogenated alkanes) is 1. The van der Waals surface area contributed by atoms with Gasteiger partial charge in [0.25, 0.3) is 0 Å². The molecule has 0 saturated carbocycles. The van der Waals surface area contributed by atoms with Crippen LogP contribution < -0.4 is 29.6 Å². The van der Waals surface area contributed by atoms with Gasteiger partial charge in [0.1, 0.15) is 0 Å². The van der Waals surface area contributed by atoms with Crippen molar-refractivity contribution < 1.29 is 51.4 Å². The molecule has 0 saturated heterocycles. The summed E-state index contributed by atoms with van der Waals surface area (Å²) in [5.41, 5.74) is 0. The summed E-state index contributed by atoms with van der Waals surface area (Å²) in [5.74, 6) is 0.0528. The molecule has 0 bridgehead atoms. The SMILES string of the molecule is O=S([O-])CCCCS(=O)OF.[Na+]. The maximum atomic E-state index is 11.1. The van der Waals surface area contributed by atoms with Crippen LogP contribution in [0.15, 0.2) is 0 Å². The first-order valence-electron chi connectivity index (χ1n) is 2.90. The van der Waals surface area contributed by atoms with Crippen LogP contribution in [0.4, 0.5) is 4.53 Å². The van der Waals surface area contributed by atoms with Gasteiger partial charge in [-0.25, -0.2) is 4.21 Å². The molecule has 12 heavy (non-hydrogen) atoms. The molecule has 0 heterocycles. The van der Waals surface area contributed by atoms with E-state index in [0.29, 0.717) is 12.8 Å². The zero-order chi connectivity index (χ0) is 8.69. The van der Waals surface area contributed by atoms with Crippen molar-refractivity contribution in [3.8, 4) is 0 Å². The third-order valence-electron chi connectivity index (χ3n) is 0.942. The minimum Gasteiger partial charge on any atom is -0.772 e. The smallest absolute Gasteiger partial charge is 0.772 e. The van der Waals surface area contributed by atoms with Crippen molar-refractivity contribution in [3.63, 3.8) is 0 Å². The number of hydrogen-bond donors (Lipinski definition) is 0. The molecule has 2 atom stereocenters. The van der Waals surface area contributed by atoms with E-state index in [4.69, 9.17) is 0 Å². The molecule has 0 rings (SSSR count). The Morgan fingerprint density at radius 3 is 2.17 bits per heavy atom. The molecule has 0 aromatic rings. The number of rotatable bonds is 6. The van der Waals surface area contributed by atoms with E-state index in [2.05, 4.69) is 4.39 Å². The molecule has 0 aliphatic carbocycles. The summed E-state index contributed by atoms with van der Waals surface area (Å²) in [6.45, 7) is 0. The molecule has 0 aromatic heterocycles. The number of hydrogen-bond acceptors (Lipinski definition) is 4. The molecule has 0 radical (unpaired) electrons. The Morgan fingerprint density at radius 2 is 1.75 bits per heavy atom. The van der Waals surface area contributed by atoms with Crippen LogP contribution in [0.5, 0.6) is 0 Å². The first kappa shape index (κ1) is 15.6. The molecule has 0 aliphatic heterocycles. The van der Waals surface area contributed by atoms with E-state index in [1.807, 2.05) is 0 Å². The molecule has 0 aromatic carbocycles. The Balaban J connectivity index is 0. The third kappa shape index (κ3) is 11.2. The molecule has 0 aliphatic rings. The fourth-order valence-corrected chi connectivity index (χ4v) is 1.41. The van der Waals surface area contributed by atoms with Gasteiger partial charge in [0.05, 0.1) is 5.75 Å². The maximum absolute atomic E-state index is 11.1. The standard InChI is InChI=1S/C4H9FO4S2.Na/c5-9-11(8)4-2-1-3-10(6)7;/h1-4H2,(H,6,7);/q;+1/p-1. The van der Waals surface area contributed by atoms with Crippen molar-refractivity contribution in [1.29, 1.82) is 0 Å². The Hall–Kier alpha value is 1.15. The van der Waals surface area contributed by atoms with E-state index in [9.17, 15) is 17.5 Å². The van der Waals surface area contributed by atoms with Gasteiger partial charge in [-0.15, -0.1) is 0 Å². The van der Waals surface area contributed by atoms with Gasteiger partial charge in [0.2, 0.25) is 0 Å². The second-order valence-corrected chi connectivity index (χ2v) is 3.94. The van der Waals surface area contributed by atoms with E-state index in [0.717, 1.165) is 0 Å². The van der Waals surface area contributed by atoms with E-state index in [1.54, 1.807) is 0 Å². The van der Waals surface area contributed by atoms with Gasteiger partial charge in [0.15, 0.2) is 11.1 Å². The molecule has 4 nitrogen and oxygen atoms in total. The Bertz CT molecular complexity index is 156. The van der Waals surface area contributed by atoms with Crippen LogP contribution in [-0.2, 0) is 26.5 Å². The third-order valence-corrected chi connectivity index (χ3v) is 2.33. The first-order valence-corrected chi connectivity index (χ1v) is 5.39. The van der Waals surface area contributed by atoms with E-state index in [-0.39, 0.29) is 41.1 Å². The van der Waals surface area contributed by atoms with E-state index >= 15 is 0 Å². The summed E-state index contributed by atoms with van der Waals surface area (Å²) >= 11 is -3.98. The molecule has 0 fully saturated rings. The van der Waals surface area contributed by atoms with Crippen molar-refractivity contribution in [1.82, 2.24) is 0 Å². The minimum atomic E-state index is -2.07. The quantitative estimate of drug-likeness (QED) is 0.279. The topological polar surface area (TPSA) is 66.4 Å². The number of halogens is 1. The van der Waals surface area contributed by atoms with Crippen molar-refractivity contribution in [3.05, 3.63) is 0 Å². The van der Waals surface area contributed by atoms with Crippen molar-refractivity contribution >= 4 is 22.2 Å². The largest absolute Gasteiger partial charge is 1.00 e.